The molecule has 0 saturated heterocycles. The van der Waals surface area contributed by atoms with Gasteiger partial charge in [0.1, 0.15) is 6.04 Å². The quantitative estimate of drug-likeness (QED) is 0.491. The van der Waals surface area contributed by atoms with Gasteiger partial charge in [0.15, 0.2) is 11.6 Å². The lowest BCUT2D eigenvalue weighted by Crippen LogP contribution is -2.49. The third-order valence-corrected chi connectivity index (χ3v) is 7.05. The van der Waals surface area contributed by atoms with Gasteiger partial charge < -0.3 is 4.57 Å². The molecular formula is C22H25F2N5O4S. The van der Waals surface area contributed by atoms with Crippen LogP contribution in [0.2, 0.25) is 0 Å². The van der Waals surface area contributed by atoms with Gasteiger partial charge in [-0.2, -0.15) is 4.31 Å². The number of sulfonamides is 1. The Balaban J connectivity index is 1.69. The fraction of sp³-hybridized carbons (Fsp3) is 0.318. The van der Waals surface area contributed by atoms with Gasteiger partial charge in [0.05, 0.1) is 28.8 Å². The number of carbonyl (C=O) groups is 2. The zero-order chi connectivity index (χ0) is 25.2. The van der Waals surface area contributed by atoms with Crippen molar-refractivity contribution in [2.75, 3.05) is 13.6 Å². The number of fused-ring (bicyclic) bond motifs is 1. The second-order valence-electron chi connectivity index (χ2n) is 8.21. The van der Waals surface area contributed by atoms with E-state index in [0.717, 1.165) is 22.0 Å². The Morgan fingerprint density at radius 1 is 1.09 bits per heavy atom. The zero-order valence-corrected chi connectivity index (χ0v) is 19.9. The van der Waals surface area contributed by atoms with Crippen LogP contribution in [-0.4, -0.2) is 47.7 Å². The largest absolute Gasteiger partial charge is 0.317 e. The highest BCUT2D eigenvalue weighted by atomic mass is 32.2. The molecule has 0 aliphatic heterocycles. The minimum atomic E-state index is -3.91. The summed E-state index contributed by atoms with van der Waals surface area (Å²) in [5.74, 6) is -3.86. The molecule has 2 N–H and O–H groups in total. The number of hydrogen-bond acceptors (Lipinski definition) is 5. The van der Waals surface area contributed by atoms with Crippen LogP contribution in [0.15, 0.2) is 47.6 Å². The molecule has 12 heteroatoms. The number of imidazole rings is 1. The third-order valence-electron chi connectivity index (χ3n) is 5.24. The molecule has 3 rings (SSSR count). The van der Waals surface area contributed by atoms with Crippen LogP contribution in [0.25, 0.3) is 11.0 Å². The fourth-order valence-electron chi connectivity index (χ4n) is 3.42. The van der Waals surface area contributed by atoms with Gasteiger partial charge in [0.25, 0.3) is 11.8 Å². The predicted octanol–water partition coefficient (Wildman–Crippen LogP) is 2.29. The Kier molecular flexibility index (Phi) is 7.32. The van der Waals surface area contributed by atoms with Crippen molar-refractivity contribution >= 4 is 32.9 Å². The standard InChI is InChI=1S/C22H25F2N5O4S/c1-13(2)21(29-12-25-18-9-16(23)17(24)10-19(18)29)22(31)27-26-20(30)11-28(4)34(32,33)15-7-5-14(3)6-8-15/h5-10,12-13,21H,11H2,1-4H3,(H,26,30)(H,27,31). The fourth-order valence-corrected chi connectivity index (χ4v) is 4.54. The highest BCUT2D eigenvalue weighted by Gasteiger charge is 2.28. The van der Waals surface area contributed by atoms with Gasteiger partial charge >= 0.3 is 0 Å². The lowest BCUT2D eigenvalue weighted by Gasteiger charge is -2.23. The first-order valence-electron chi connectivity index (χ1n) is 10.3. The van der Waals surface area contributed by atoms with Crippen LogP contribution in [0.1, 0.15) is 25.5 Å². The molecule has 3 aromatic rings. The van der Waals surface area contributed by atoms with Gasteiger partial charge in [-0.15, -0.1) is 0 Å². The smallest absolute Gasteiger partial charge is 0.261 e. The molecule has 2 amide bonds. The summed E-state index contributed by atoms with van der Waals surface area (Å²) in [5.41, 5.74) is 5.74. The Bertz CT molecular complexity index is 1320. The van der Waals surface area contributed by atoms with Crippen molar-refractivity contribution in [3.05, 3.63) is 59.9 Å². The van der Waals surface area contributed by atoms with Gasteiger partial charge in [-0.3, -0.25) is 20.4 Å². The average Bonchev–Trinajstić information content (AvgIpc) is 3.14. The Hall–Kier alpha value is -3.38. The molecule has 182 valence electrons. The first-order valence-corrected chi connectivity index (χ1v) is 11.8. The van der Waals surface area contributed by atoms with Crippen molar-refractivity contribution in [3.63, 3.8) is 0 Å². The summed E-state index contributed by atoms with van der Waals surface area (Å²) in [5, 5.41) is 0. The second-order valence-corrected chi connectivity index (χ2v) is 10.3. The summed E-state index contributed by atoms with van der Waals surface area (Å²) in [4.78, 5) is 29.2. The summed E-state index contributed by atoms with van der Waals surface area (Å²) in [6.45, 7) is 4.75. The molecule has 0 spiro atoms. The minimum absolute atomic E-state index is 0.0352. The minimum Gasteiger partial charge on any atom is -0.317 e. The van der Waals surface area contributed by atoms with Gasteiger partial charge in [0.2, 0.25) is 10.0 Å². The molecule has 0 radical (unpaired) electrons. The molecule has 0 aliphatic carbocycles. The lowest BCUT2D eigenvalue weighted by molar-refractivity contribution is -0.131. The van der Waals surface area contributed by atoms with Crippen LogP contribution in [-0.2, 0) is 19.6 Å². The normalized spacial score (nSPS) is 12.8. The van der Waals surface area contributed by atoms with Gasteiger partial charge in [-0.1, -0.05) is 31.5 Å². The average molecular weight is 494 g/mol. The lowest BCUT2D eigenvalue weighted by atomic mass is 10.0. The maximum absolute atomic E-state index is 13.8. The van der Waals surface area contributed by atoms with Crippen molar-refractivity contribution in [2.45, 2.75) is 31.7 Å². The SMILES string of the molecule is Cc1ccc(S(=O)(=O)N(C)CC(=O)NNC(=O)C(C(C)C)n2cnc3cc(F)c(F)cc32)cc1. The molecular weight excluding hydrogens is 468 g/mol. The van der Waals surface area contributed by atoms with Crippen molar-refractivity contribution in [3.8, 4) is 0 Å². The molecule has 9 nitrogen and oxygen atoms in total. The summed E-state index contributed by atoms with van der Waals surface area (Å²) >= 11 is 0. The van der Waals surface area contributed by atoms with E-state index in [4.69, 9.17) is 0 Å². The summed E-state index contributed by atoms with van der Waals surface area (Å²) in [6, 6.07) is 7.15. The van der Waals surface area contributed by atoms with E-state index in [1.165, 1.54) is 30.1 Å². The number of benzene rings is 2. The Morgan fingerprint density at radius 3 is 2.32 bits per heavy atom. The number of likely N-dealkylation sites (N-methyl/N-ethyl adjacent to an activating group) is 1. The number of hydrogen-bond donors (Lipinski definition) is 2. The van der Waals surface area contributed by atoms with Crippen LogP contribution >= 0.6 is 0 Å². The number of amides is 2. The number of aryl methyl sites for hydroxylation is 1. The first-order chi connectivity index (χ1) is 15.9. The molecule has 0 saturated carbocycles. The molecule has 34 heavy (non-hydrogen) atoms. The van der Waals surface area contributed by atoms with Crippen LogP contribution in [0.5, 0.6) is 0 Å². The molecule has 1 unspecified atom stereocenters. The van der Waals surface area contributed by atoms with Gasteiger partial charge in [-0.25, -0.2) is 22.2 Å². The van der Waals surface area contributed by atoms with E-state index in [1.807, 2.05) is 6.92 Å². The van der Waals surface area contributed by atoms with Crippen molar-refractivity contribution < 1.29 is 26.8 Å². The monoisotopic (exact) mass is 493 g/mol. The topological polar surface area (TPSA) is 113 Å². The molecule has 1 heterocycles. The van der Waals surface area contributed by atoms with Crippen LogP contribution in [0.4, 0.5) is 8.78 Å². The summed E-state index contributed by atoms with van der Waals surface area (Å²) in [7, 11) is -2.66. The van der Waals surface area contributed by atoms with E-state index in [0.29, 0.717) is 0 Å². The molecule has 0 bridgehead atoms. The number of nitrogens with zero attached hydrogens (tertiary/aromatic N) is 3. The number of halogens is 2. The van der Waals surface area contributed by atoms with Crippen molar-refractivity contribution in [2.24, 2.45) is 5.92 Å². The number of rotatable bonds is 7. The van der Waals surface area contributed by atoms with Crippen LogP contribution in [0.3, 0.4) is 0 Å². The highest BCUT2D eigenvalue weighted by Crippen LogP contribution is 2.25. The van der Waals surface area contributed by atoms with Gasteiger partial charge in [0, 0.05) is 19.2 Å². The molecule has 1 atom stereocenters. The van der Waals surface area contributed by atoms with E-state index in [1.54, 1.807) is 26.0 Å². The van der Waals surface area contributed by atoms with Gasteiger partial charge in [-0.05, 0) is 25.0 Å². The highest BCUT2D eigenvalue weighted by molar-refractivity contribution is 7.89. The Morgan fingerprint density at radius 2 is 1.71 bits per heavy atom. The number of carbonyl (C=O) groups excluding carboxylic acids is 2. The summed E-state index contributed by atoms with van der Waals surface area (Å²) < 4.78 is 54.8. The van der Waals surface area contributed by atoms with E-state index in [-0.39, 0.29) is 21.8 Å². The molecule has 1 aromatic heterocycles. The molecule has 2 aromatic carbocycles. The van der Waals surface area contributed by atoms with E-state index < -0.39 is 46.1 Å². The zero-order valence-electron chi connectivity index (χ0n) is 19.0. The van der Waals surface area contributed by atoms with E-state index in [2.05, 4.69) is 15.8 Å². The number of aromatic nitrogens is 2. The maximum atomic E-state index is 13.8. The van der Waals surface area contributed by atoms with E-state index >= 15 is 0 Å². The summed E-state index contributed by atoms with van der Waals surface area (Å²) in [6.07, 6.45) is 1.29. The van der Waals surface area contributed by atoms with Crippen LogP contribution < -0.4 is 10.9 Å². The predicted molar refractivity (Wildman–Crippen MR) is 121 cm³/mol. The third kappa shape index (κ3) is 5.23. The van der Waals surface area contributed by atoms with Crippen molar-refractivity contribution in [1.29, 1.82) is 0 Å². The molecule has 0 aliphatic rings. The number of nitrogens with one attached hydrogen (secondary N) is 2. The maximum Gasteiger partial charge on any atom is 0.261 e. The van der Waals surface area contributed by atoms with E-state index in [9.17, 15) is 26.8 Å². The van der Waals surface area contributed by atoms with Crippen LogP contribution in [0, 0.1) is 24.5 Å². The first kappa shape index (κ1) is 25.2. The number of hydrazine groups is 1. The Labute approximate surface area is 195 Å². The molecule has 0 fully saturated rings. The second kappa shape index (κ2) is 9.85. The van der Waals surface area contributed by atoms with Crippen molar-refractivity contribution in [1.82, 2.24) is 24.7 Å².